The summed E-state index contributed by atoms with van der Waals surface area (Å²) >= 11 is 1.77. The van der Waals surface area contributed by atoms with Crippen LogP contribution in [-0.2, 0) is 0 Å². The van der Waals surface area contributed by atoms with E-state index in [0.717, 1.165) is 12.5 Å². The van der Waals surface area contributed by atoms with Crippen LogP contribution in [0, 0.1) is 5.92 Å². The topological polar surface area (TPSA) is 29.3 Å². The molecule has 0 aromatic carbocycles. The van der Waals surface area contributed by atoms with Crippen molar-refractivity contribution in [2.24, 2.45) is 11.7 Å². The van der Waals surface area contributed by atoms with Gasteiger partial charge >= 0.3 is 0 Å². The molecule has 1 fully saturated rings. The molecule has 3 unspecified atom stereocenters. The summed E-state index contributed by atoms with van der Waals surface area (Å²) in [6.07, 6.45) is 2.67. The van der Waals surface area contributed by atoms with Crippen molar-refractivity contribution in [3.05, 3.63) is 22.4 Å². The molecule has 0 bridgehead atoms. The summed E-state index contributed by atoms with van der Waals surface area (Å²) in [7, 11) is 0. The molecule has 1 aromatic heterocycles. The van der Waals surface area contributed by atoms with E-state index in [1.807, 2.05) is 0 Å². The molecule has 2 rings (SSSR count). The second-order valence-electron chi connectivity index (χ2n) is 4.91. The Morgan fingerprint density at radius 2 is 2.38 bits per heavy atom. The number of nitrogens with zero attached hydrogens (tertiary/aromatic N) is 1. The molecule has 3 atom stereocenters. The van der Waals surface area contributed by atoms with Gasteiger partial charge in [-0.2, -0.15) is 11.3 Å². The van der Waals surface area contributed by atoms with Gasteiger partial charge in [-0.05, 0) is 54.6 Å². The molecule has 90 valence electrons. The number of rotatable bonds is 3. The second kappa shape index (κ2) is 5.30. The molecule has 1 aliphatic heterocycles. The largest absolute Gasteiger partial charge is 0.329 e. The third-order valence-electron chi connectivity index (χ3n) is 3.97. The highest BCUT2D eigenvalue weighted by Gasteiger charge is 2.30. The van der Waals surface area contributed by atoms with Gasteiger partial charge in [0.15, 0.2) is 0 Å². The highest BCUT2D eigenvalue weighted by atomic mass is 32.1. The predicted octanol–water partition coefficient (Wildman–Crippen LogP) is 2.87. The van der Waals surface area contributed by atoms with E-state index < -0.39 is 0 Å². The van der Waals surface area contributed by atoms with Crippen LogP contribution in [-0.4, -0.2) is 24.0 Å². The molecule has 0 radical (unpaired) electrons. The minimum atomic E-state index is 0.420. The van der Waals surface area contributed by atoms with E-state index in [4.69, 9.17) is 5.73 Å². The van der Waals surface area contributed by atoms with E-state index in [0.29, 0.717) is 12.1 Å². The van der Waals surface area contributed by atoms with Crippen LogP contribution in [0.2, 0.25) is 0 Å². The Balaban J connectivity index is 2.14. The van der Waals surface area contributed by atoms with E-state index in [1.54, 1.807) is 11.3 Å². The van der Waals surface area contributed by atoms with Crippen LogP contribution >= 0.6 is 11.3 Å². The Kier molecular flexibility index (Phi) is 4.00. The summed E-state index contributed by atoms with van der Waals surface area (Å²) in [6, 6.07) is 3.29. The van der Waals surface area contributed by atoms with Crippen molar-refractivity contribution in [1.82, 2.24) is 4.90 Å². The van der Waals surface area contributed by atoms with E-state index in [-0.39, 0.29) is 0 Å². The number of thiophene rings is 1. The van der Waals surface area contributed by atoms with Crippen LogP contribution in [0.4, 0.5) is 0 Å². The minimum Gasteiger partial charge on any atom is -0.329 e. The fraction of sp³-hybridized carbons (Fsp3) is 0.692. The fourth-order valence-corrected chi connectivity index (χ4v) is 3.44. The van der Waals surface area contributed by atoms with Gasteiger partial charge in [-0.25, -0.2) is 0 Å². The molecule has 2 heterocycles. The van der Waals surface area contributed by atoms with Crippen LogP contribution < -0.4 is 5.73 Å². The Labute approximate surface area is 102 Å². The second-order valence-corrected chi connectivity index (χ2v) is 5.69. The molecule has 0 saturated carbocycles. The average Bonchev–Trinajstić information content (AvgIpc) is 2.79. The van der Waals surface area contributed by atoms with Crippen LogP contribution in [0.25, 0.3) is 0 Å². The molecule has 2 N–H and O–H groups in total. The Morgan fingerprint density at radius 3 is 3.00 bits per heavy atom. The van der Waals surface area contributed by atoms with Crippen molar-refractivity contribution < 1.29 is 0 Å². The summed E-state index contributed by atoms with van der Waals surface area (Å²) in [5.41, 5.74) is 7.36. The molecule has 1 saturated heterocycles. The van der Waals surface area contributed by atoms with Crippen molar-refractivity contribution in [2.75, 3.05) is 13.1 Å². The van der Waals surface area contributed by atoms with E-state index >= 15 is 0 Å². The zero-order valence-corrected chi connectivity index (χ0v) is 11.0. The van der Waals surface area contributed by atoms with Crippen molar-refractivity contribution in [2.45, 2.75) is 38.8 Å². The number of piperidine rings is 1. The maximum atomic E-state index is 5.97. The molecule has 1 aromatic rings. The van der Waals surface area contributed by atoms with Gasteiger partial charge in [-0.15, -0.1) is 0 Å². The molecule has 0 spiro atoms. The minimum absolute atomic E-state index is 0.420. The first-order valence-electron chi connectivity index (χ1n) is 6.22. The van der Waals surface area contributed by atoms with Gasteiger partial charge in [0.25, 0.3) is 0 Å². The van der Waals surface area contributed by atoms with Crippen molar-refractivity contribution in [1.29, 1.82) is 0 Å². The van der Waals surface area contributed by atoms with Crippen molar-refractivity contribution >= 4 is 11.3 Å². The van der Waals surface area contributed by atoms with Gasteiger partial charge in [0.05, 0.1) is 0 Å². The first-order valence-corrected chi connectivity index (χ1v) is 7.16. The quantitative estimate of drug-likeness (QED) is 0.877. The Morgan fingerprint density at radius 1 is 1.56 bits per heavy atom. The standard InChI is InChI=1S/C13H22N2S/c1-10-4-3-6-15(11(10)2)13(8-14)12-5-7-16-9-12/h5,7,9-11,13H,3-4,6,8,14H2,1-2H3. The Bertz CT molecular complexity index is 310. The van der Waals surface area contributed by atoms with Crippen molar-refractivity contribution in [3.63, 3.8) is 0 Å². The van der Waals surface area contributed by atoms with Gasteiger partial charge in [-0.1, -0.05) is 6.92 Å². The monoisotopic (exact) mass is 238 g/mol. The van der Waals surface area contributed by atoms with Crippen molar-refractivity contribution in [3.8, 4) is 0 Å². The van der Waals surface area contributed by atoms with Crippen LogP contribution in [0.5, 0.6) is 0 Å². The summed E-state index contributed by atoms with van der Waals surface area (Å²) in [4.78, 5) is 2.59. The summed E-state index contributed by atoms with van der Waals surface area (Å²) in [5, 5.41) is 4.39. The van der Waals surface area contributed by atoms with E-state index in [2.05, 4.69) is 35.6 Å². The lowest BCUT2D eigenvalue weighted by atomic mass is 9.90. The molecular formula is C13H22N2S. The highest BCUT2D eigenvalue weighted by Crippen LogP contribution is 2.31. The third-order valence-corrected chi connectivity index (χ3v) is 4.68. The summed E-state index contributed by atoms with van der Waals surface area (Å²) in [5.74, 6) is 0.793. The smallest absolute Gasteiger partial charge is 0.0481 e. The lowest BCUT2D eigenvalue weighted by molar-refractivity contribution is 0.0711. The summed E-state index contributed by atoms with van der Waals surface area (Å²) in [6.45, 7) is 6.63. The van der Waals surface area contributed by atoms with E-state index in [9.17, 15) is 0 Å². The molecule has 3 heteroatoms. The Hall–Kier alpha value is -0.380. The maximum Gasteiger partial charge on any atom is 0.0481 e. The molecule has 0 amide bonds. The van der Waals surface area contributed by atoms with Crippen LogP contribution in [0.15, 0.2) is 16.8 Å². The average molecular weight is 238 g/mol. The third kappa shape index (κ3) is 2.31. The molecule has 0 aliphatic carbocycles. The number of hydrogen-bond acceptors (Lipinski definition) is 3. The van der Waals surface area contributed by atoms with Gasteiger partial charge in [0, 0.05) is 18.6 Å². The number of nitrogens with two attached hydrogens (primary N) is 1. The first-order chi connectivity index (χ1) is 7.74. The van der Waals surface area contributed by atoms with Gasteiger partial charge < -0.3 is 5.73 Å². The molecule has 1 aliphatic rings. The van der Waals surface area contributed by atoms with Gasteiger partial charge in [0.2, 0.25) is 0 Å². The van der Waals surface area contributed by atoms with E-state index in [1.165, 1.54) is 24.9 Å². The van der Waals surface area contributed by atoms with Gasteiger partial charge in [-0.3, -0.25) is 4.90 Å². The predicted molar refractivity (Wildman–Crippen MR) is 70.7 cm³/mol. The lowest BCUT2D eigenvalue weighted by Gasteiger charge is -2.42. The fourth-order valence-electron chi connectivity index (χ4n) is 2.73. The number of hydrogen-bond donors (Lipinski definition) is 1. The SMILES string of the molecule is CC1CCCN(C(CN)c2ccsc2)C1C. The first kappa shape index (κ1) is 12.1. The maximum absolute atomic E-state index is 5.97. The molecule has 2 nitrogen and oxygen atoms in total. The lowest BCUT2D eigenvalue weighted by Crippen LogP contribution is -2.46. The molecular weight excluding hydrogens is 216 g/mol. The van der Waals surface area contributed by atoms with Crippen LogP contribution in [0.1, 0.15) is 38.3 Å². The highest BCUT2D eigenvalue weighted by molar-refractivity contribution is 7.07. The zero-order chi connectivity index (χ0) is 11.5. The molecule has 16 heavy (non-hydrogen) atoms. The van der Waals surface area contributed by atoms with Gasteiger partial charge in [0.1, 0.15) is 0 Å². The van der Waals surface area contributed by atoms with Crippen LogP contribution in [0.3, 0.4) is 0 Å². The summed E-state index contributed by atoms with van der Waals surface area (Å²) < 4.78 is 0. The zero-order valence-electron chi connectivity index (χ0n) is 10.2. The number of likely N-dealkylation sites (tertiary alicyclic amines) is 1. The normalized spacial score (nSPS) is 29.2.